The molecule has 2 heterocycles. The first-order chi connectivity index (χ1) is 11.1. The number of nitrogens with one attached hydrogen (secondary N) is 2. The van der Waals surface area contributed by atoms with E-state index in [0.29, 0.717) is 38.9 Å². The lowest BCUT2D eigenvalue weighted by Crippen LogP contribution is -2.57. The maximum atomic E-state index is 12.3. The van der Waals surface area contributed by atoms with Crippen molar-refractivity contribution in [2.45, 2.75) is 45.1 Å². The van der Waals surface area contributed by atoms with Crippen LogP contribution in [0.1, 0.15) is 39.0 Å². The third-order valence-electron chi connectivity index (χ3n) is 4.48. The van der Waals surface area contributed by atoms with Gasteiger partial charge in [-0.15, -0.1) is 0 Å². The molecule has 7 nitrogen and oxygen atoms in total. The van der Waals surface area contributed by atoms with Crippen LogP contribution in [0, 0.1) is 0 Å². The minimum absolute atomic E-state index is 0.00299. The van der Waals surface area contributed by atoms with Crippen LogP contribution in [-0.4, -0.2) is 72.8 Å². The highest BCUT2D eigenvalue weighted by Gasteiger charge is 2.31. The predicted molar refractivity (Wildman–Crippen MR) is 86.7 cm³/mol. The second-order valence-electron chi connectivity index (χ2n) is 6.21. The Morgan fingerprint density at radius 1 is 1.30 bits per heavy atom. The highest BCUT2D eigenvalue weighted by Crippen LogP contribution is 2.18. The summed E-state index contributed by atoms with van der Waals surface area (Å²) in [6, 6.07) is 0.144. The van der Waals surface area contributed by atoms with Gasteiger partial charge in [-0.1, -0.05) is 0 Å². The lowest BCUT2D eigenvalue weighted by atomic mass is 10.0. The standard InChI is InChI=1S/C16H28N4O3/c1-2-18-14(21)6-3-7-15(22)19-9-4-5-13(12-19)20-10-8-17-11-16(20)23/h13,17H,2-12H2,1H3,(H,18,21). The first-order valence-electron chi connectivity index (χ1n) is 8.66. The Labute approximate surface area is 137 Å². The molecule has 0 aliphatic carbocycles. The number of piperazine rings is 1. The van der Waals surface area contributed by atoms with Gasteiger partial charge in [-0.25, -0.2) is 0 Å². The highest BCUT2D eigenvalue weighted by molar-refractivity contribution is 5.80. The fourth-order valence-electron chi connectivity index (χ4n) is 3.29. The van der Waals surface area contributed by atoms with Crippen molar-refractivity contribution < 1.29 is 14.4 Å². The average molecular weight is 324 g/mol. The van der Waals surface area contributed by atoms with Gasteiger partial charge in [0.25, 0.3) is 0 Å². The van der Waals surface area contributed by atoms with E-state index in [2.05, 4.69) is 10.6 Å². The molecule has 0 aromatic heterocycles. The maximum absolute atomic E-state index is 12.3. The number of nitrogens with zero attached hydrogens (tertiary/aromatic N) is 2. The molecule has 2 aliphatic rings. The summed E-state index contributed by atoms with van der Waals surface area (Å²) in [5, 5.41) is 5.82. The summed E-state index contributed by atoms with van der Waals surface area (Å²) in [6.07, 6.45) is 3.28. The number of rotatable bonds is 6. The summed E-state index contributed by atoms with van der Waals surface area (Å²) in [7, 11) is 0. The van der Waals surface area contributed by atoms with Crippen LogP contribution in [0.25, 0.3) is 0 Å². The zero-order chi connectivity index (χ0) is 16.7. The van der Waals surface area contributed by atoms with E-state index in [1.807, 2.05) is 16.7 Å². The minimum atomic E-state index is 0.00299. The molecule has 0 aromatic carbocycles. The summed E-state index contributed by atoms with van der Waals surface area (Å²) in [4.78, 5) is 39.5. The lowest BCUT2D eigenvalue weighted by molar-refractivity contribution is -0.140. The number of piperidine rings is 1. The predicted octanol–water partition coefficient (Wildman–Crippen LogP) is -0.284. The minimum Gasteiger partial charge on any atom is -0.356 e. The summed E-state index contributed by atoms with van der Waals surface area (Å²) in [6.45, 7) is 5.85. The van der Waals surface area contributed by atoms with Crippen molar-refractivity contribution in [1.29, 1.82) is 0 Å². The van der Waals surface area contributed by atoms with Crippen LogP contribution >= 0.6 is 0 Å². The Kier molecular flexibility index (Phi) is 6.83. The van der Waals surface area contributed by atoms with E-state index in [1.54, 1.807) is 0 Å². The molecule has 2 rings (SSSR count). The van der Waals surface area contributed by atoms with Gasteiger partial charge in [0.1, 0.15) is 0 Å². The van der Waals surface area contributed by atoms with Crippen molar-refractivity contribution >= 4 is 17.7 Å². The first-order valence-corrected chi connectivity index (χ1v) is 8.66. The second kappa shape index (κ2) is 8.86. The molecule has 0 saturated carbocycles. The molecule has 23 heavy (non-hydrogen) atoms. The molecule has 7 heteroatoms. The summed E-state index contributed by atoms with van der Waals surface area (Å²) in [5.74, 6) is 0.233. The SMILES string of the molecule is CCNC(=O)CCCC(=O)N1CCCC(N2CCNCC2=O)C1. The summed E-state index contributed by atoms with van der Waals surface area (Å²) >= 11 is 0. The van der Waals surface area contributed by atoms with E-state index < -0.39 is 0 Å². The molecule has 3 amide bonds. The van der Waals surface area contributed by atoms with E-state index in [-0.39, 0.29) is 23.8 Å². The summed E-state index contributed by atoms with van der Waals surface area (Å²) < 4.78 is 0. The van der Waals surface area contributed by atoms with Crippen molar-refractivity contribution in [1.82, 2.24) is 20.4 Å². The smallest absolute Gasteiger partial charge is 0.236 e. The Bertz CT molecular complexity index is 441. The number of carbonyl (C=O) groups excluding carboxylic acids is 3. The zero-order valence-corrected chi connectivity index (χ0v) is 14.0. The average Bonchev–Trinajstić information content (AvgIpc) is 2.55. The summed E-state index contributed by atoms with van der Waals surface area (Å²) in [5.41, 5.74) is 0. The van der Waals surface area contributed by atoms with Gasteiger partial charge in [-0.05, 0) is 26.2 Å². The fraction of sp³-hybridized carbons (Fsp3) is 0.812. The third kappa shape index (κ3) is 5.20. The molecule has 2 N–H and O–H groups in total. The second-order valence-corrected chi connectivity index (χ2v) is 6.21. The molecule has 0 aromatic rings. The number of hydrogen-bond acceptors (Lipinski definition) is 4. The van der Waals surface area contributed by atoms with Gasteiger partial charge in [0.05, 0.1) is 6.54 Å². The van der Waals surface area contributed by atoms with Crippen LogP contribution in [0.5, 0.6) is 0 Å². The van der Waals surface area contributed by atoms with E-state index >= 15 is 0 Å². The molecular formula is C16H28N4O3. The van der Waals surface area contributed by atoms with Gasteiger partial charge in [0, 0.05) is 51.6 Å². The molecule has 2 saturated heterocycles. The van der Waals surface area contributed by atoms with Gasteiger partial charge in [0.15, 0.2) is 0 Å². The van der Waals surface area contributed by atoms with Crippen LogP contribution in [0.2, 0.25) is 0 Å². The monoisotopic (exact) mass is 324 g/mol. The molecule has 2 aliphatic heterocycles. The highest BCUT2D eigenvalue weighted by atomic mass is 16.2. The Balaban J connectivity index is 1.77. The van der Waals surface area contributed by atoms with Gasteiger partial charge in [-0.3, -0.25) is 14.4 Å². The van der Waals surface area contributed by atoms with Crippen LogP contribution in [0.15, 0.2) is 0 Å². The van der Waals surface area contributed by atoms with Crippen LogP contribution in [0.3, 0.4) is 0 Å². The Hall–Kier alpha value is -1.63. The van der Waals surface area contributed by atoms with Crippen molar-refractivity contribution in [2.24, 2.45) is 0 Å². The van der Waals surface area contributed by atoms with Crippen molar-refractivity contribution in [3.05, 3.63) is 0 Å². The Morgan fingerprint density at radius 3 is 2.87 bits per heavy atom. The van der Waals surface area contributed by atoms with Gasteiger partial charge in [-0.2, -0.15) is 0 Å². The lowest BCUT2D eigenvalue weighted by Gasteiger charge is -2.41. The Morgan fingerprint density at radius 2 is 2.13 bits per heavy atom. The number of amides is 3. The van der Waals surface area contributed by atoms with Crippen LogP contribution < -0.4 is 10.6 Å². The van der Waals surface area contributed by atoms with Gasteiger partial charge in [0.2, 0.25) is 17.7 Å². The van der Waals surface area contributed by atoms with E-state index in [9.17, 15) is 14.4 Å². The zero-order valence-electron chi connectivity index (χ0n) is 14.0. The van der Waals surface area contributed by atoms with Gasteiger partial charge < -0.3 is 20.4 Å². The number of hydrogen-bond donors (Lipinski definition) is 2. The molecule has 1 unspecified atom stereocenters. The molecule has 0 radical (unpaired) electrons. The normalized spacial score (nSPS) is 22.1. The molecular weight excluding hydrogens is 296 g/mol. The largest absolute Gasteiger partial charge is 0.356 e. The van der Waals surface area contributed by atoms with Gasteiger partial charge >= 0.3 is 0 Å². The van der Waals surface area contributed by atoms with Crippen molar-refractivity contribution in [3.8, 4) is 0 Å². The third-order valence-corrected chi connectivity index (χ3v) is 4.48. The number of likely N-dealkylation sites (tertiary alicyclic amines) is 1. The molecule has 0 spiro atoms. The topological polar surface area (TPSA) is 81.8 Å². The molecule has 0 bridgehead atoms. The molecule has 130 valence electrons. The van der Waals surface area contributed by atoms with Crippen molar-refractivity contribution in [3.63, 3.8) is 0 Å². The van der Waals surface area contributed by atoms with E-state index in [0.717, 1.165) is 32.5 Å². The van der Waals surface area contributed by atoms with Crippen LogP contribution in [0.4, 0.5) is 0 Å². The maximum Gasteiger partial charge on any atom is 0.236 e. The van der Waals surface area contributed by atoms with E-state index in [1.165, 1.54) is 0 Å². The quantitative estimate of drug-likeness (QED) is 0.704. The van der Waals surface area contributed by atoms with Crippen molar-refractivity contribution in [2.75, 3.05) is 39.3 Å². The molecule has 2 fully saturated rings. The van der Waals surface area contributed by atoms with Crippen LogP contribution in [-0.2, 0) is 14.4 Å². The molecule has 1 atom stereocenters. The first kappa shape index (κ1) is 17.7. The number of carbonyl (C=O) groups is 3. The van der Waals surface area contributed by atoms with E-state index in [4.69, 9.17) is 0 Å². The fourth-order valence-corrected chi connectivity index (χ4v) is 3.29.